The fourth-order valence-electron chi connectivity index (χ4n) is 3.31. The molecule has 0 radical (unpaired) electrons. The molecule has 8 heteroatoms. The van der Waals surface area contributed by atoms with E-state index in [1.54, 1.807) is 17.5 Å². The molecule has 2 fully saturated rings. The number of urea groups is 1. The summed E-state index contributed by atoms with van der Waals surface area (Å²) in [5, 5.41) is 4.59. The van der Waals surface area contributed by atoms with Gasteiger partial charge in [-0.3, -0.25) is 9.59 Å². The van der Waals surface area contributed by atoms with E-state index in [4.69, 9.17) is 0 Å². The third kappa shape index (κ3) is 2.58. The molecule has 4 amide bonds. The average molecular weight is 359 g/mol. The number of halogens is 1. The largest absolute Gasteiger partial charge is 0.332 e. The van der Waals surface area contributed by atoms with E-state index in [0.717, 1.165) is 4.90 Å². The minimum Gasteiger partial charge on any atom is -0.332 e. The predicted octanol–water partition coefficient (Wildman–Crippen LogP) is 2.23. The Morgan fingerprint density at radius 3 is 2.64 bits per heavy atom. The molecule has 2 aliphatic rings. The molecule has 25 heavy (non-hydrogen) atoms. The lowest BCUT2D eigenvalue weighted by atomic mass is 10.0. The molecule has 0 spiro atoms. The number of fused-ring (bicyclic) bond motifs is 1. The molecule has 128 valence electrons. The molecule has 2 saturated heterocycles. The molecule has 0 unspecified atom stereocenters. The fraction of sp³-hybridized carbons (Fsp3) is 0.235. The van der Waals surface area contributed by atoms with Crippen LogP contribution in [0.15, 0.2) is 41.8 Å². The van der Waals surface area contributed by atoms with E-state index in [2.05, 4.69) is 5.32 Å². The van der Waals surface area contributed by atoms with Crippen molar-refractivity contribution >= 4 is 34.9 Å². The first-order valence-electron chi connectivity index (χ1n) is 7.81. The van der Waals surface area contributed by atoms with Gasteiger partial charge >= 0.3 is 6.03 Å². The number of carbonyl (C=O) groups excluding carboxylic acids is 3. The number of likely N-dealkylation sites (tertiary alicyclic amines) is 1. The number of nitrogens with zero attached hydrogens (tertiary/aromatic N) is 2. The van der Waals surface area contributed by atoms with Crippen LogP contribution in [0.25, 0.3) is 0 Å². The molecule has 2 aliphatic heterocycles. The van der Waals surface area contributed by atoms with E-state index >= 15 is 0 Å². The maximum atomic E-state index is 13.1. The molecular formula is C17H14FN3O3S. The van der Waals surface area contributed by atoms with Gasteiger partial charge in [0.25, 0.3) is 11.8 Å². The van der Waals surface area contributed by atoms with Crippen molar-refractivity contribution in [3.63, 3.8) is 0 Å². The van der Waals surface area contributed by atoms with Crippen molar-refractivity contribution in [2.24, 2.45) is 0 Å². The van der Waals surface area contributed by atoms with E-state index in [9.17, 15) is 18.8 Å². The first-order valence-corrected chi connectivity index (χ1v) is 8.69. The lowest BCUT2D eigenvalue weighted by Crippen LogP contribution is -2.65. The summed E-state index contributed by atoms with van der Waals surface area (Å²) in [7, 11) is 0. The van der Waals surface area contributed by atoms with Gasteiger partial charge in [0.15, 0.2) is 0 Å². The highest BCUT2D eigenvalue weighted by Gasteiger charge is 2.50. The van der Waals surface area contributed by atoms with Crippen LogP contribution in [-0.2, 0) is 4.79 Å². The fourth-order valence-corrected chi connectivity index (χ4v) is 3.99. The minimum absolute atomic E-state index is 0.217. The van der Waals surface area contributed by atoms with Gasteiger partial charge in [0.05, 0.1) is 16.6 Å². The maximum absolute atomic E-state index is 13.1. The molecule has 0 saturated carbocycles. The summed E-state index contributed by atoms with van der Waals surface area (Å²) in [6.07, 6.45) is 0.524. The molecule has 3 heterocycles. The average Bonchev–Trinajstić information content (AvgIpc) is 3.25. The van der Waals surface area contributed by atoms with Crippen LogP contribution in [-0.4, -0.2) is 41.4 Å². The van der Waals surface area contributed by atoms with E-state index in [-0.39, 0.29) is 11.6 Å². The lowest BCUT2D eigenvalue weighted by Gasteiger charge is -2.36. The van der Waals surface area contributed by atoms with Crippen LogP contribution in [0.2, 0.25) is 0 Å². The number of amides is 4. The first kappa shape index (κ1) is 15.8. The van der Waals surface area contributed by atoms with Crippen molar-refractivity contribution in [1.29, 1.82) is 0 Å². The molecular weight excluding hydrogens is 345 g/mol. The van der Waals surface area contributed by atoms with Crippen molar-refractivity contribution in [1.82, 2.24) is 10.2 Å². The molecule has 0 bridgehead atoms. The number of anilines is 1. The van der Waals surface area contributed by atoms with Gasteiger partial charge in [-0.25, -0.2) is 14.1 Å². The van der Waals surface area contributed by atoms with Crippen LogP contribution >= 0.6 is 11.3 Å². The maximum Gasteiger partial charge on any atom is 0.329 e. The predicted molar refractivity (Wildman–Crippen MR) is 90.0 cm³/mol. The molecule has 1 N–H and O–H groups in total. The number of benzene rings is 1. The minimum atomic E-state index is -0.752. The Bertz CT molecular complexity index is 837. The Labute approximate surface area is 146 Å². The highest BCUT2D eigenvalue weighted by Crippen LogP contribution is 2.29. The topological polar surface area (TPSA) is 69.7 Å². The Kier molecular flexibility index (Phi) is 3.76. The molecule has 6 nitrogen and oxygen atoms in total. The van der Waals surface area contributed by atoms with Gasteiger partial charge in [-0.1, -0.05) is 6.07 Å². The van der Waals surface area contributed by atoms with Crippen LogP contribution in [0.3, 0.4) is 0 Å². The quantitative estimate of drug-likeness (QED) is 0.894. The second-order valence-corrected chi connectivity index (χ2v) is 6.86. The smallest absolute Gasteiger partial charge is 0.329 e. The van der Waals surface area contributed by atoms with Crippen molar-refractivity contribution in [2.45, 2.75) is 18.5 Å². The van der Waals surface area contributed by atoms with E-state index in [0.29, 0.717) is 17.8 Å². The number of nitrogens with one attached hydrogen (secondary N) is 1. The zero-order valence-electron chi connectivity index (χ0n) is 13.0. The second kappa shape index (κ2) is 5.96. The monoisotopic (exact) mass is 359 g/mol. The van der Waals surface area contributed by atoms with Gasteiger partial charge in [0, 0.05) is 6.54 Å². The zero-order chi connectivity index (χ0) is 17.6. The molecule has 2 aromatic rings. The number of carbonyl (C=O) groups is 3. The van der Waals surface area contributed by atoms with Crippen molar-refractivity contribution < 1.29 is 18.8 Å². The Morgan fingerprint density at radius 2 is 1.96 bits per heavy atom. The van der Waals surface area contributed by atoms with Crippen molar-refractivity contribution in [3.05, 3.63) is 52.5 Å². The zero-order valence-corrected chi connectivity index (χ0v) is 13.8. The number of thiophene rings is 1. The summed E-state index contributed by atoms with van der Waals surface area (Å²) in [5.74, 6) is -1.14. The highest BCUT2D eigenvalue weighted by molar-refractivity contribution is 7.12. The number of hydrogen-bond acceptors (Lipinski definition) is 4. The summed E-state index contributed by atoms with van der Waals surface area (Å²) in [4.78, 5) is 41.0. The van der Waals surface area contributed by atoms with Crippen LogP contribution in [0.5, 0.6) is 0 Å². The standard InChI is InChI=1S/C17H14FN3O3S/c18-10-3-5-11(6-4-10)21-16(23)14-12(19-17(21)24)7-8-20(14)15(22)13-2-1-9-25-13/h1-6,9,12,14H,7-8H2,(H,19,24)/t12-,14-/m0/s1. The Hall–Kier alpha value is -2.74. The first-order chi connectivity index (χ1) is 12.1. The van der Waals surface area contributed by atoms with Gasteiger partial charge in [0.1, 0.15) is 11.9 Å². The van der Waals surface area contributed by atoms with Gasteiger partial charge in [-0.05, 0) is 42.1 Å². The Morgan fingerprint density at radius 1 is 1.20 bits per heavy atom. The number of imide groups is 1. The van der Waals surface area contributed by atoms with Crippen molar-refractivity contribution in [2.75, 3.05) is 11.4 Å². The van der Waals surface area contributed by atoms with Crippen LogP contribution in [0.4, 0.5) is 14.9 Å². The van der Waals surface area contributed by atoms with Gasteiger partial charge < -0.3 is 10.2 Å². The van der Waals surface area contributed by atoms with Crippen molar-refractivity contribution in [3.8, 4) is 0 Å². The second-order valence-electron chi connectivity index (χ2n) is 5.92. The van der Waals surface area contributed by atoms with Gasteiger partial charge in [-0.15, -0.1) is 11.3 Å². The summed E-state index contributed by atoms with van der Waals surface area (Å²) < 4.78 is 13.1. The van der Waals surface area contributed by atoms with Gasteiger partial charge in [0.2, 0.25) is 0 Å². The summed E-state index contributed by atoms with van der Waals surface area (Å²) in [6, 6.07) is 6.89. The highest BCUT2D eigenvalue weighted by atomic mass is 32.1. The molecule has 4 rings (SSSR count). The third-order valence-electron chi connectivity index (χ3n) is 4.46. The third-order valence-corrected chi connectivity index (χ3v) is 5.32. The normalized spacial score (nSPS) is 22.8. The van der Waals surface area contributed by atoms with E-state index in [1.165, 1.54) is 40.5 Å². The number of hydrogen-bond donors (Lipinski definition) is 1. The SMILES string of the molecule is O=C1N[C@H]2CCN(C(=O)c3cccs3)[C@@H]2C(=O)N1c1ccc(F)cc1. The van der Waals surface area contributed by atoms with Crippen LogP contribution in [0, 0.1) is 5.82 Å². The van der Waals surface area contributed by atoms with E-state index in [1.807, 2.05) is 0 Å². The lowest BCUT2D eigenvalue weighted by molar-refractivity contribution is -0.122. The number of rotatable bonds is 2. The summed E-state index contributed by atoms with van der Waals surface area (Å²) in [6.45, 7) is 0.398. The van der Waals surface area contributed by atoms with Gasteiger partial charge in [-0.2, -0.15) is 0 Å². The van der Waals surface area contributed by atoms with Crippen LogP contribution < -0.4 is 10.2 Å². The molecule has 1 aromatic carbocycles. The van der Waals surface area contributed by atoms with E-state index < -0.39 is 29.8 Å². The summed E-state index contributed by atoms with van der Waals surface area (Å²) >= 11 is 1.31. The summed E-state index contributed by atoms with van der Waals surface area (Å²) in [5.41, 5.74) is 0.276. The molecule has 0 aliphatic carbocycles. The molecule has 1 aromatic heterocycles. The van der Waals surface area contributed by atoms with Crippen LogP contribution in [0.1, 0.15) is 16.1 Å². The molecule has 2 atom stereocenters. The Balaban J connectivity index is 1.65.